The summed E-state index contributed by atoms with van der Waals surface area (Å²) in [4.78, 5) is 24.7. The first-order valence-corrected chi connectivity index (χ1v) is 11.2. The van der Waals surface area contributed by atoms with Crippen LogP contribution in [0.5, 0.6) is 5.75 Å². The number of nitrogens with two attached hydrogens (primary N) is 1. The average Bonchev–Trinajstić information content (AvgIpc) is 2.82. The first-order chi connectivity index (χ1) is 15.0. The van der Waals surface area contributed by atoms with E-state index in [0.717, 1.165) is 5.69 Å². The highest BCUT2D eigenvalue weighted by molar-refractivity contribution is 7.87. The SMILES string of the molecule is COc1ccc(C(=O)NCCNc2ccc(S(=O)C3(C(N)=O)CCOCC3)cc2)cc1. The highest BCUT2D eigenvalue weighted by Crippen LogP contribution is 2.32. The van der Waals surface area contributed by atoms with Crippen molar-refractivity contribution in [1.29, 1.82) is 0 Å². The number of nitrogens with one attached hydrogen (secondary N) is 2. The number of carbonyl (C=O) groups is 2. The van der Waals surface area contributed by atoms with Crippen molar-refractivity contribution in [3.63, 3.8) is 0 Å². The predicted octanol–water partition coefficient (Wildman–Crippen LogP) is 1.68. The van der Waals surface area contributed by atoms with E-state index in [1.165, 1.54) is 0 Å². The van der Waals surface area contributed by atoms with Gasteiger partial charge in [0.25, 0.3) is 5.91 Å². The Bertz CT molecular complexity index is 925. The fourth-order valence-corrected chi connectivity index (χ4v) is 4.93. The van der Waals surface area contributed by atoms with Gasteiger partial charge >= 0.3 is 0 Å². The van der Waals surface area contributed by atoms with Crippen LogP contribution in [0.3, 0.4) is 0 Å². The summed E-state index contributed by atoms with van der Waals surface area (Å²) >= 11 is 0. The maximum atomic E-state index is 13.1. The van der Waals surface area contributed by atoms with Gasteiger partial charge in [0.15, 0.2) is 0 Å². The predicted molar refractivity (Wildman–Crippen MR) is 119 cm³/mol. The van der Waals surface area contributed by atoms with Crippen LogP contribution < -0.4 is 21.1 Å². The molecule has 1 heterocycles. The maximum absolute atomic E-state index is 13.1. The first kappa shape index (κ1) is 22.8. The van der Waals surface area contributed by atoms with Gasteiger partial charge in [0.1, 0.15) is 10.5 Å². The Balaban J connectivity index is 1.50. The van der Waals surface area contributed by atoms with Crippen LogP contribution in [0.1, 0.15) is 23.2 Å². The molecule has 1 atom stereocenters. The molecule has 0 aliphatic carbocycles. The van der Waals surface area contributed by atoms with Crippen LogP contribution in [0, 0.1) is 0 Å². The molecule has 0 radical (unpaired) electrons. The smallest absolute Gasteiger partial charge is 0.251 e. The molecule has 0 bridgehead atoms. The van der Waals surface area contributed by atoms with Crippen LogP contribution in [0.4, 0.5) is 5.69 Å². The number of primary amides is 1. The van der Waals surface area contributed by atoms with Crippen molar-refractivity contribution in [1.82, 2.24) is 5.32 Å². The van der Waals surface area contributed by atoms with Gasteiger partial charge in [-0.3, -0.25) is 13.8 Å². The minimum Gasteiger partial charge on any atom is -0.497 e. The van der Waals surface area contributed by atoms with E-state index in [1.54, 1.807) is 55.6 Å². The van der Waals surface area contributed by atoms with Gasteiger partial charge in [-0.15, -0.1) is 0 Å². The summed E-state index contributed by atoms with van der Waals surface area (Å²) in [5.74, 6) is -0.0199. The number of anilines is 1. The maximum Gasteiger partial charge on any atom is 0.251 e. The zero-order valence-corrected chi connectivity index (χ0v) is 18.2. The van der Waals surface area contributed by atoms with E-state index in [2.05, 4.69) is 10.6 Å². The molecule has 2 aromatic rings. The zero-order valence-electron chi connectivity index (χ0n) is 17.4. The molecule has 4 N–H and O–H groups in total. The second-order valence-electron chi connectivity index (χ2n) is 7.18. The van der Waals surface area contributed by atoms with Gasteiger partial charge in [-0.2, -0.15) is 0 Å². The number of hydrogen-bond acceptors (Lipinski definition) is 6. The van der Waals surface area contributed by atoms with Gasteiger partial charge in [0.05, 0.1) is 17.9 Å². The second-order valence-corrected chi connectivity index (χ2v) is 8.97. The van der Waals surface area contributed by atoms with Gasteiger partial charge < -0.3 is 25.8 Å². The fourth-order valence-electron chi connectivity index (χ4n) is 3.37. The van der Waals surface area contributed by atoms with Crippen LogP contribution in [-0.2, 0) is 20.3 Å². The molecule has 1 saturated heterocycles. The number of rotatable bonds is 9. The Morgan fingerprint density at radius 3 is 2.29 bits per heavy atom. The van der Waals surface area contributed by atoms with E-state index in [1.807, 2.05) is 0 Å². The summed E-state index contributed by atoms with van der Waals surface area (Å²) in [6.45, 7) is 1.70. The molecule has 1 fully saturated rings. The van der Waals surface area contributed by atoms with Crippen molar-refractivity contribution in [2.24, 2.45) is 5.73 Å². The third kappa shape index (κ3) is 5.42. The van der Waals surface area contributed by atoms with E-state index in [0.29, 0.717) is 55.4 Å². The summed E-state index contributed by atoms with van der Waals surface area (Å²) in [5, 5.41) is 6.05. The van der Waals surface area contributed by atoms with Crippen LogP contribution in [0.2, 0.25) is 0 Å². The topological polar surface area (TPSA) is 120 Å². The minimum absolute atomic E-state index is 0.164. The van der Waals surface area contributed by atoms with E-state index >= 15 is 0 Å². The Hall–Kier alpha value is -2.91. The lowest BCUT2D eigenvalue weighted by Gasteiger charge is -2.33. The summed E-state index contributed by atoms with van der Waals surface area (Å²) in [6.07, 6.45) is 0.700. The zero-order chi connectivity index (χ0) is 22.3. The van der Waals surface area contributed by atoms with Gasteiger partial charge in [0.2, 0.25) is 5.91 Å². The summed E-state index contributed by atoms with van der Waals surface area (Å²) in [5.41, 5.74) is 6.97. The molecule has 0 aromatic heterocycles. The number of ether oxygens (including phenoxy) is 2. The van der Waals surface area contributed by atoms with Crippen LogP contribution in [-0.4, -0.2) is 54.2 Å². The molecule has 0 saturated carbocycles. The molecular formula is C22H27N3O5S. The second kappa shape index (κ2) is 10.4. The lowest BCUT2D eigenvalue weighted by Crippen LogP contribution is -2.51. The number of benzene rings is 2. The quantitative estimate of drug-likeness (QED) is 0.505. The monoisotopic (exact) mass is 445 g/mol. The Labute approximate surface area is 183 Å². The van der Waals surface area contributed by atoms with Gasteiger partial charge in [-0.25, -0.2) is 0 Å². The van der Waals surface area contributed by atoms with E-state index < -0.39 is 21.5 Å². The standard InChI is InChI=1S/C22H27N3O5S/c1-29-18-6-2-16(3-7-18)20(26)25-13-12-24-17-4-8-19(9-5-17)31(28)22(21(23)27)10-14-30-15-11-22/h2-9,24H,10-15H2,1H3,(H2,23,27)(H,25,26). The van der Waals surface area contributed by atoms with Crippen molar-refractivity contribution in [3.8, 4) is 5.75 Å². The molecule has 3 rings (SSSR count). The molecule has 1 aliphatic heterocycles. The largest absolute Gasteiger partial charge is 0.497 e. The molecule has 166 valence electrons. The number of methoxy groups -OCH3 is 1. The van der Waals surface area contributed by atoms with E-state index in [4.69, 9.17) is 15.2 Å². The highest BCUT2D eigenvalue weighted by Gasteiger charge is 2.45. The van der Waals surface area contributed by atoms with Crippen molar-refractivity contribution >= 4 is 28.3 Å². The van der Waals surface area contributed by atoms with Gasteiger partial charge in [-0.1, -0.05) is 0 Å². The molecule has 1 unspecified atom stereocenters. The number of carbonyl (C=O) groups excluding carboxylic acids is 2. The molecule has 1 aliphatic rings. The molecule has 2 aromatic carbocycles. The summed E-state index contributed by atoms with van der Waals surface area (Å²) in [6, 6.07) is 13.9. The third-order valence-electron chi connectivity index (χ3n) is 5.26. The van der Waals surface area contributed by atoms with Crippen LogP contribution in [0.15, 0.2) is 53.4 Å². The van der Waals surface area contributed by atoms with Gasteiger partial charge in [-0.05, 0) is 61.4 Å². The van der Waals surface area contributed by atoms with Crippen molar-refractivity contribution < 1.29 is 23.3 Å². The van der Waals surface area contributed by atoms with E-state index in [-0.39, 0.29) is 5.91 Å². The fraction of sp³-hybridized carbons (Fsp3) is 0.364. The van der Waals surface area contributed by atoms with Crippen molar-refractivity contribution in [3.05, 3.63) is 54.1 Å². The van der Waals surface area contributed by atoms with Crippen LogP contribution in [0.25, 0.3) is 0 Å². The summed E-state index contributed by atoms with van der Waals surface area (Å²) in [7, 11) is 0.0227. The third-order valence-corrected chi connectivity index (χ3v) is 7.28. The first-order valence-electron chi connectivity index (χ1n) is 10.0. The molecule has 9 heteroatoms. The lowest BCUT2D eigenvalue weighted by atomic mass is 9.98. The van der Waals surface area contributed by atoms with E-state index in [9.17, 15) is 13.8 Å². The summed E-state index contributed by atoms with van der Waals surface area (Å²) < 4.78 is 22.4. The Morgan fingerprint density at radius 2 is 1.71 bits per heavy atom. The minimum atomic E-state index is -1.55. The highest BCUT2D eigenvalue weighted by atomic mass is 32.2. The van der Waals surface area contributed by atoms with Crippen LogP contribution >= 0.6 is 0 Å². The van der Waals surface area contributed by atoms with Gasteiger partial charge in [0, 0.05) is 42.4 Å². The molecule has 31 heavy (non-hydrogen) atoms. The normalized spacial score (nSPS) is 16.2. The molecule has 8 nitrogen and oxygen atoms in total. The number of amides is 2. The lowest BCUT2D eigenvalue weighted by molar-refractivity contribution is -0.122. The molecule has 0 spiro atoms. The van der Waals surface area contributed by atoms with Crippen molar-refractivity contribution in [2.75, 3.05) is 38.7 Å². The Kier molecular flexibility index (Phi) is 7.64. The molecule has 2 amide bonds. The molecular weight excluding hydrogens is 418 g/mol. The van der Waals surface area contributed by atoms with Crippen molar-refractivity contribution in [2.45, 2.75) is 22.5 Å². The Morgan fingerprint density at radius 1 is 1.06 bits per heavy atom. The average molecular weight is 446 g/mol. The number of hydrogen-bond donors (Lipinski definition) is 3.